The van der Waals surface area contributed by atoms with Gasteiger partial charge in [-0.15, -0.1) is 0 Å². The third-order valence-electron chi connectivity index (χ3n) is 5.39. The number of anilines is 1. The quantitative estimate of drug-likeness (QED) is 0.680. The van der Waals surface area contributed by atoms with Crippen LogP contribution in [0, 0.1) is 12.8 Å². The number of nitrogens with zero attached hydrogens (tertiary/aromatic N) is 3. The Hall–Kier alpha value is -2.89. The summed E-state index contributed by atoms with van der Waals surface area (Å²) in [6.07, 6.45) is 2.51. The number of Topliss-reactive ketones (excluding diaryl/α,β-unsaturated/α-hetero) is 1. The molecule has 6 nitrogen and oxygen atoms in total. The molecule has 0 spiro atoms. The fourth-order valence-electron chi connectivity index (χ4n) is 3.74. The van der Waals surface area contributed by atoms with E-state index in [1.807, 2.05) is 31.2 Å². The van der Waals surface area contributed by atoms with E-state index in [1.165, 1.54) is 10.7 Å². The molecule has 0 N–H and O–H groups in total. The Kier molecular flexibility index (Phi) is 5.03. The molecule has 0 bridgehead atoms. The number of aryl methyl sites for hydroxylation is 1. The van der Waals surface area contributed by atoms with Gasteiger partial charge in [0.05, 0.1) is 0 Å². The smallest absolute Gasteiger partial charge is 0.267 e. The molecule has 28 heavy (non-hydrogen) atoms. The van der Waals surface area contributed by atoms with E-state index < -0.39 is 0 Å². The van der Waals surface area contributed by atoms with Gasteiger partial charge < -0.3 is 9.32 Å². The fourth-order valence-corrected chi connectivity index (χ4v) is 3.74. The van der Waals surface area contributed by atoms with Gasteiger partial charge in [0.15, 0.2) is 5.78 Å². The normalized spacial score (nSPS) is 15.3. The second-order valence-corrected chi connectivity index (χ2v) is 7.80. The molecule has 0 amide bonds. The van der Waals surface area contributed by atoms with Gasteiger partial charge in [-0.25, -0.2) is 4.68 Å². The first kappa shape index (κ1) is 18.5. The Morgan fingerprint density at radius 1 is 1.18 bits per heavy atom. The first-order valence-electron chi connectivity index (χ1n) is 9.82. The van der Waals surface area contributed by atoms with Crippen molar-refractivity contribution in [2.24, 2.45) is 5.92 Å². The lowest BCUT2D eigenvalue weighted by atomic mass is 9.99. The van der Waals surface area contributed by atoms with E-state index in [0.717, 1.165) is 60.0 Å². The molecule has 4 rings (SSSR count). The molecular weight excluding hydrogens is 354 g/mol. The molecule has 1 aromatic carbocycles. The number of ketones is 1. The van der Waals surface area contributed by atoms with Crippen LogP contribution >= 0.6 is 0 Å². The molecule has 146 valence electrons. The zero-order valence-corrected chi connectivity index (χ0v) is 16.4. The molecule has 1 aliphatic rings. The van der Waals surface area contributed by atoms with E-state index >= 15 is 0 Å². The maximum Gasteiger partial charge on any atom is 0.267 e. The van der Waals surface area contributed by atoms with E-state index in [2.05, 4.69) is 16.9 Å². The second-order valence-electron chi connectivity index (χ2n) is 7.80. The third kappa shape index (κ3) is 4.01. The van der Waals surface area contributed by atoms with Gasteiger partial charge in [0.2, 0.25) is 0 Å². The van der Waals surface area contributed by atoms with Crippen LogP contribution in [0.15, 0.2) is 45.6 Å². The number of hydrogen-bond donors (Lipinski definition) is 0. The van der Waals surface area contributed by atoms with Gasteiger partial charge in [-0.05, 0) is 55.5 Å². The van der Waals surface area contributed by atoms with Crippen molar-refractivity contribution in [3.05, 3.63) is 58.1 Å². The highest BCUT2D eigenvalue weighted by molar-refractivity contribution is 5.84. The maximum atomic E-state index is 12.6. The van der Waals surface area contributed by atoms with E-state index in [4.69, 9.17) is 4.42 Å². The molecule has 1 fully saturated rings. The summed E-state index contributed by atoms with van der Waals surface area (Å²) < 4.78 is 6.86. The molecule has 2 aromatic heterocycles. The van der Waals surface area contributed by atoms with Crippen molar-refractivity contribution >= 4 is 22.6 Å². The Morgan fingerprint density at radius 3 is 2.75 bits per heavy atom. The number of carbonyl (C=O) groups is 1. The van der Waals surface area contributed by atoms with Gasteiger partial charge in [0, 0.05) is 31.0 Å². The minimum Gasteiger partial charge on any atom is -0.461 e. The minimum absolute atomic E-state index is 0.0145. The fraction of sp³-hybridized carbons (Fsp3) is 0.409. The number of benzene rings is 1. The van der Waals surface area contributed by atoms with Crippen LogP contribution in [0.5, 0.6) is 0 Å². The summed E-state index contributed by atoms with van der Waals surface area (Å²) in [7, 11) is 0. The highest BCUT2D eigenvalue weighted by Crippen LogP contribution is 2.21. The van der Waals surface area contributed by atoms with E-state index in [1.54, 1.807) is 6.07 Å². The van der Waals surface area contributed by atoms with Crippen LogP contribution in [-0.2, 0) is 17.8 Å². The van der Waals surface area contributed by atoms with E-state index in [-0.39, 0.29) is 24.3 Å². The number of furan rings is 1. The van der Waals surface area contributed by atoms with Crippen LogP contribution in [0.25, 0.3) is 11.0 Å². The largest absolute Gasteiger partial charge is 0.461 e. The zero-order chi connectivity index (χ0) is 19.7. The van der Waals surface area contributed by atoms with Crippen molar-refractivity contribution in [2.45, 2.75) is 39.7 Å². The second kappa shape index (κ2) is 7.62. The summed E-state index contributed by atoms with van der Waals surface area (Å²) in [5.74, 6) is 2.30. The average Bonchev–Trinajstić information content (AvgIpc) is 3.03. The van der Waals surface area contributed by atoms with Gasteiger partial charge >= 0.3 is 0 Å². The Bertz CT molecular complexity index is 1060. The van der Waals surface area contributed by atoms with Crippen LogP contribution in [0.3, 0.4) is 0 Å². The van der Waals surface area contributed by atoms with E-state index in [9.17, 15) is 9.59 Å². The molecule has 0 saturated carbocycles. The summed E-state index contributed by atoms with van der Waals surface area (Å²) in [5.41, 5.74) is 1.48. The molecule has 3 heterocycles. The van der Waals surface area contributed by atoms with Crippen LogP contribution in [0.1, 0.15) is 31.1 Å². The van der Waals surface area contributed by atoms with Gasteiger partial charge in [-0.2, -0.15) is 5.10 Å². The summed E-state index contributed by atoms with van der Waals surface area (Å²) in [6.45, 7) is 6.01. The standard InChI is InChI=1S/C22H25N3O3/c1-15-7-9-24(10-8-15)21-5-6-22(27)25(23-21)14-19(26)13-17-3-4-20-18(12-17)11-16(2)28-20/h3-6,11-12,15H,7-10,13-14H2,1-2H3. The Balaban J connectivity index is 1.47. The first-order chi connectivity index (χ1) is 13.5. The summed E-state index contributed by atoms with van der Waals surface area (Å²) in [4.78, 5) is 26.9. The Morgan fingerprint density at radius 2 is 1.96 bits per heavy atom. The first-order valence-corrected chi connectivity index (χ1v) is 9.82. The highest BCUT2D eigenvalue weighted by Gasteiger charge is 2.18. The zero-order valence-electron chi connectivity index (χ0n) is 16.4. The number of rotatable bonds is 5. The molecule has 1 saturated heterocycles. The van der Waals surface area contributed by atoms with Crippen LogP contribution in [0.2, 0.25) is 0 Å². The Labute approximate surface area is 163 Å². The average molecular weight is 379 g/mol. The van der Waals surface area contributed by atoms with Gasteiger partial charge in [-0.3, -0.25) is 9.59 Å². The van der Waals surface area contributed by atoms with Gasteiger partial charge in [-0.1, -0.05) is 13.0 Å². The van der Waals surface area contributed by atoms with Gasteiger partial charge in [0.25, 0.3) is 5.56 Å². The number of fused-ring (bicyclic) bond motifs is 1. The predicted octanol–water partition coefficient (Wildman–Crippen LogP) is 3.35. The molecular formula is C22H25N3O3. The predicted molar refractivity (Wildman–Crippen MR) is 109 cm³/mol. The molecule has 0 aliphatic carbocycles. The molecule has 3 aromatic rings. The topological polar surface area (TPSA) is 68.3 Å². The number of piperidine rings is 1. The van der Waals surface area contributed by atoms with Crippen molar-refractivity contribution in [2.75, 3.05) is 18.0 Å². The molecule has 6 heteroatoms. The minimum atomic E-state index is -0.247. The third-order valence-corrected chi connectivity index (χ3v) is 5.39. The summed E-state index contributed by atoms with van der Waals surface area (Å²) in [6, 6.07) is 11.0. The summed E-state index contributed by atoms with van der Waals surface area (Å²) >= 11 is 0. The number of aromatic nitrogens is 2. The van der Waals surface area contributed by atoms with Crippen LogP contribution in [0.4, 0.5) is 5.82 Å². The van der Waals surface area contributed by atoms with Crippen molar-refractivity contribution < 1.29 is 9.21 Å². The lowest BCUT2D eigenvalue weighted by Crippen LogP contribution is -2.36. The molecule has 0 unspecified atom stereocenters. The van der Waals surface area contributed by atoms with E-state index in [0.29, 0.717) is 0 Å². The van der Waals surface area contributed by atoms with Crippen LogP contribution < -0.4 is 10.5 Å². The van der Waals surface area contributed by atoms with Crippen molar-refractivity contribution in [1.82, 2.24) is 9.78 Å². The lowest BCUT2D eigenvalue weighted by molar-refractivity contribution is -0.119. The highest BCUT2D eigenvalue weighted by atomic mass is 16.3. The van der Waals surface area contributed by atoms with Crippen molar-refractivity contribution in [3.8, 4) is 0 Å². The molecule has 0 atom stereocenters. The van der Waals surface area contributed by atoms with Crippen molar-refractivity contribution in [3.63, 3.8) is 0 Å². The lowest BCUT2D eigenvalue weighted by Gasteiger charge is -2.31. The van der Waals surface area contributed by atoms with Gasteiger partial charge in [0.1, 0.15) is 23.7 Å². The van der Waals surface area contributed by atoms with Crippen LogP contribution in [-0.4, -0.2) is 28.7 Å². The van der Waals surface area contributed by atoms with Crippen molar-refractivity contribution in [1.29, 1.82) is 0 Å². The number of carbonyl (C=O) groups excluding carboxylic acids is 1. The monoisotopic (exact) mass is 379 g/mol. The number of hydrogen-bond acceptors (Lipinski definition) is 5. The maximum absolute atomic E-state index is 12.6. The molecule has 1 aliphatic heterocycles. The molecule has 0 radical (unpaired) electrons. The SMILES string of the molecule is Cc1cc2cc(CC(=O)Cn3nc(N4CCC(C)CC4)ccc3=O)ccc2o1. The summed E-state index contributed by atoms with van der Waals surface area (Å²) in [5, 5.41) is 5.44.